The van der Waals surface area contributed by atoms with E-state index in [-0.39, 0.29) is 0 Å². The van der Waals surface area contributed by atoms with E-state index in [2.05, 4.69) is 28.7 Å². The van der Waals surface area contributed by atoms with Crippen LogP contribution in [0.4, 0.5) is 5.82 Å². The minimum atomic E-state index is 0.770. The maximum absolute atomic E-state index is 6.19. The van der Waals surface area contributed by atoms with Crippen LogP contribution < -0.4 is 5.32 Å². The molecule has 0 spiro atoms. The first-order valence-electron chi connectivity index (χ1n) is 5.61. The zero-order valence-corrected chi connectivity index (χ0v) is 11.6. The number of aromatic nitrogens is 1. The Labute approximate surface area is 111 Å². The van der Waals surface area contributed by atoms with Crippen LogP contribution in [0.3, 0.4) is 0 Å². The normalized spacial score (nSPS) is 11.3. The third kappa shape index (κ3) is 3.09. The molecule has 0 amide bonds. The summed E-state index contributed by atoms with van der Waals surface area (Å²) in [6.07, 6.45) is 1.09. The SMILES string of the molecule is CN(C)CCCNc1nsc2cccc(Cl)c12. The first-order valence-corrected chi connectivity index (χ1v) is 6.76. The summed E-state index contributed by atoms with van der Waals surface area (Å²) >= 11 is 7.67. The fourth-order valence-electron chi connectivity index (χ4n) is 1.67. The third-order valence-corrected chi connectivity index (χ3v) is 3.65. The van der Waals surface area contributed by atoms with E-state index in [9.17, 15) is 0 Å². The molecule has 17 heavy (non-hydrogen) atoms. The molecule has 92 valence electrons. The van der Waals surface area contributed by atoms with E-state index in [0.717, 1.165) is 40.4 Å². The number of nitrogens with zero attached hydrogens (tertiary/aromatic N) is 2. The molecule has 0 atom stereocenters. The molecule has 0 fully saturated rings. The maximum atomic E-state index is 6.19. The molecule has 0 aliphatic rings. The van der Waals surface area contributed by atoms with Crippen LogP contribution in [0.5, 0.6) is 0 Å². The molecule has 1 N–H and O–H groups in total. The summed E-state index contributed by atoms with van der Waals surface area (Å²) in [6, 6.07) is 5.91. The number of rotatable bonds is 5. The zero-order chi connectivity index (χ0) is 12.3. The van der Waals surface area contributed by atoms with Crippen LogP contribution in [0.15, 0.2) is 18.2 Å². The second-order valence-corrected chi connectivity index (χ2v) is 5.44. The largest absolute Gasteiger partial charge is 0.369 e. The highest BCUT2D eigenvalue weighted by Gasteiger charge is 2.08. The lowest BCUT2D eigenvalue weighted by Crippen LogP contribution is -2.16. The molecule has 0 aliphatic heterocycles. The van der Waals surface area contributed by atoms with E-state index in [0.29, 0.717) is 0 Å². The van der Waals surface area contributed by atoms with Gasteiger partial charge in [-0.05, 0) is 50.7 Å². The number of fused-ring (bicyclic) bond motifs is 1. The fraction of sp³-hybridized carbons (Fsp3) is 0.417. The van der Waals surface area contributed by atoms with E-state index >= 15 is 0 Å². The summed E-state index contributed by atoms with van der Waals surface area (Å²) in [5.41, 5.74) is 0. The molecule has 1 aromatic heterocycles. The quantitative estimate of drug-likeness (QED) is 0.844. The van der Waals surface area contributed by atoms with Crippen molar-refractivity contribution in [1.82, 2.24) is 9.27 Å². The molecule has 1 heterocycles. The lowest BCUT2D eigenvalue weighted by atomic mass is 10.2. The monoisotopic (exact) mass is 269 g/mol. The molecule has 3 nitrogen and oxygen atoms in total. The predicted molar refractivity (Wildman–Crippen MR) is 76.3 cm³/mol. The van der Waals surface area contributed by atoms with Gasteiger partial charge in [0.05, 0.1) is 15.1 Å². The highest BCUT2D eigenvalue weighted by atomic mass is 35.5. The number of hydrogen-bond donors (Lipinski definition) is 1. The minimum Gasteiger partial charge on any atom is -0.369 e. The lowest BCUT2D eigenvalue weighted by molar-refractivity contribution is 0.405. The van der Waals surface area contributed by atoms with Crippen LogP contribution in [-0.2, 0) is 0 Å². The van der Waals surface area contributed by atoms with Gasteiger partial charge in [0.15, 0.2) is 0 Å². The van der Waals surface area contributed by atoms with E-state index in [1.807, 2.05) is 18.2 Å². The molecule has 0 bridgehead atoms. The van der Waals surface area contributed by atoms with Gasteiger partial charge in [0.25, 0.3) is 0 Å². The lowest BCUT2D eigenvalue weighted by Gasteiger charge is -2.09. The predicted octanol–water partition coefficient (Wildman–Crippen LogP) is 3.31. The average molecular weight is 270 g/mol. The fourth-order valence-corrected chi connectivity index (χ4v) is 2.78. The molecule has 2 aromatic rings. The molecule has 0 aliphatic carbocycles. The average Bonchev–Trinajstić information content (AvgIpc) is 2.69. The van der Waals surface area contributed by atoms with Gasteiger partial charge in [0.2, 0.25) is 0 Å². The van der Waals surface area contributed by atoms with Gasteiger partial charge in [-0.15, -0.1) is 0 Å². The van der Waals surface area contributed by atoms with Gasteiger partial charge in [-0.2, -0.15) is 4.37 Å². The molecule has 0 radical (unpaired) electrons. The van der Waals surface area contributed by atoms with E-state index < -0.39 is 0 Å². The van der Waals surface area contributed by atoms with E-state index in [1.54, 1.807) is 0 Å². The van der Waals surface area contributed by atoms with Crippen molar-refractivity contribution in [2.75, 3.05) is 32.5 Å². The van der Waals surface area contributed by atoms with Crippen molar-refractivity contribution in [3.8, 4) is 0 Å². The van der Waals surface area contributed by atoms with Crippen molar-refractivity contribution < 1.29 is 0 Å². The topological polar surface area (TPSA) is 28.2 Å². The van der Waals surface area contributed by atoms with Crippen LogP contribution in [0.1, 0.15) is 6.42 Å². The molecular weight excluding hydrogens is 254 g/mol. The molecule has 0 saturated carbocycles. The van der Waals surface area contributed by atoms with Gasteiger partial charge in [0.1, 0.15) is 5.82 Å². The highest BCUT2D eigenvalue weighted by molar-refractivity contribution is 7.13. The zero-order valence-electron chi connectivity index (χ0n) is 10.0. The van der Waals surface area contributed by atoms with Crippen LogP contribution in [0, 0.1) is 0 Å². The number of benzene rings is 1. The molecule has 2 rings (SSSR count). The van der Waals surface area contributed by atoms with Crippen LogP contribution >= 0.6 is 23.1 Å². The van der Waals surface area contributed by atoms with Crippen LogP contribution in [-0.4, -0.2) is 36.5 Å². The highest BCUT2D eigenvalue weighted by Crippen LogP contribution is 2.32. The first-order chi connectivity index (χ1) is 8.18. The van der Waals surface area contributed by atoms with E-state index in [4.69, 9.17) is 11.6 Å². The number of nitrogens with one attached hydrogen (secondary N) is 1. The molecule has 0 saturated heterocycles. The summed E-state index contributed by atoms with van der Waals surface area (Å²) < 4.78 is 5.54. The van der Waals surface area contributed by atoms with Gasteiger partial charge >= 0.3 is 0 Å². The smallest absolute Gasteiger partial charge is 0.149 e. The Bertz CT molecular complexity index is 495. The van der Waals surface area contributed by atoms with E-state index in [1.165, 1.54) is 11.5 Å². The number of halogens is 1. The molecule has 5 heteroatoms. The summed E-state index contributed by atoms with van der Waals surface area (Å²) in [6.45, 7) is 1.99. The number of hydrogen-bond acceptors (Lipinski definition) is 4. The summed E-state index contributed by atoms with van der Waals surface area (Å²) in [5, 5.41) is 5.17. The summed E-state index contributed by atoms with van der Waals surface area (Å²) in [7, 11) is 4.16. The van der Waals surface area contributed by atoms with Gasteiger partial charge in [-0.1, -0.05) is 17.7 Å². The third-order valence-electron chi connectivity index (χ3n) is 2.52. The Morgan fingerprint density at radius 1 is 1.41 bits per heavy atom. The molecule has 0 unspecified atom stereocenters. The summed E-state index contributed by atoms with van der Waals surface area (Å²) in [4.78, 5) is 2.17. The Kier molecular flexibility index (Phi) is 4.20. The molecular formula is C12H16ClN3S. The standard InChI is InChI=1S/C12H16ClN3S/c1-16(2)8-4-7-14-12-11-9(13)5-3-6-10(11)17-15-12/h3,5-6H,4,7-8H2,1-2H3,(H,14,15). The minimum absolute atomic E-state index is 0.770. The Morgan fingerprint density at radius 2 is 2.24 bits per heavy atom. The van der Waals surface area contributed by atoms with Gasteiger partial charge < -0.3 is 10.2 Å². The second-order valence-electron chi connectivity index (χ2n) is 4.23. The van der Waals surface area contributed by atoms with Gasteiger partial charge in [-0.3, -0.25) is 0 Å². The van der Waals surface area contributed by atoms with Crippen molar-refractivity contribution in [3.05, 3.63) is 23.2 Å². The Balaban J connectivity index is 2.04. The van der Waals surface area contributed by atoms with Gasteiger partial charge in [-0.25, -0.2) is 0 Å². The van der Waals surface area contributed by atoms with Crippen LogP contribution in [0.25, 0.3) is 10.1 Å². The second kappa shape index (κ2) is 5.67. The van der Waals surface area contributed by atoms with Crippen molar-refractivity contribution in [2.24, 2.45) is 0 Å². The van der Waals surface area contributed by atoms with Crippen molar-refractivity contribution in [3.63, 3.8) is 0 Å². The van der Waals surface area contributed by atoms with Crippen molar-refractivity contribution >= 4 is 39.0 Å². The summed E-state index contributed by atoms with van der Waals surface area (Å²) in [5.74, 6) is 0.911. The number of anilines is 1. The maximum Gasteiger partial charge on any atom is 0.149 e. The van der Waals surface area contributed by atoms with Gasteiger partial charge in [0, 0.05) is 6.54 Å². The Hall–Kier alpha value is -0.840. The van der Waals surface area contributed by atoms with Crippen LogP contribution in [0.2, 0.25) is 5.02 Å². The first kappa shape index (κ1) is 12.6. The molecule has 1 aromatic carbocycles. The Morgan fingerprint density at radius 3 is 3.00 bits per heavy atom. The van der Waals surface area contributed by atoms with Crippen molar-refractivity contribution in [2.45, 2.75) is 6.42 Å². The van der Waals surface area contributed by atoms with Crippen molar-refractivity contribution in [1.29, 1.82) is 0 Å².